The van der Waals surface area contributed by atoms with Gasteiger partial charge in [-0.15, -0.1) is 0 Å². The molecule has 0 aliphatic rings. The van der Waals surface area contributed by atoms with Gasteiger partial charge in [0, 0.05) is 19.4 Å². The van der Waals surface area contributed by atoms with Crippen LogP contribution in [-0.2, 0) is 20.7 Å². The summed E-state index contributed by atoms with van der Waals surface area (Å²) in [6.07, 6.45) is 1.33. The highest BCUT2D eigenvalue weighted by atomic mass is 16.6. The standard InChI is InChI=1S/C25H25N3O9/c1-34-10-11-35-12-13-36-18-7-8-22(21(15-18)28(32)33)37-24-9-6-17(16-26-24)14-23(29)27-20-5-3-2-4-19(20)25(30)31/h2-9,15-16H,10-14H2,1H3,(H,27,29)(H,30,31). The summed E-state index contributed by atoms with van der Waals surface area (Å²) in [6.45, 7) is 1.39. The average molecular weight is 511 g/mol. The summed E-state index contributed by atoms with van der Waals surface area (Å²) >= 11 is 0. The number of carboxylic acid groups (broad SMARTS) is 1. The first-order chi connectivity index (χ1) is 17.9. The van der Waals surface area contributed by atoms with Crippen LogP contribution in [0.1, 0.15) is 15.9 Å². The Bertz CT molecular complexity index is 1230. The van der Waals surface area contributed by atoms with Crippen LogP contribution in [0.25, 0.3) is 0 Å². The Labute approximate surface area is 211 Å². The zero-order chi connectivity index (χ0) is 26.6. The van der Waals surface area contributed by atoms with E-state index in [-0.39, 0.29) is 47.3 Å². The summed E-state index contributed by atoms with van der Waals surface area (Å²) < 4.78 is 21.2. The maximum atomic E-state index is 12.4. The van der Waals surface area contributed by atoms with E-state index in [9.17, 15) is 24.8 Å². The van der Waals surface area contributed by atoms with Crippen LogP contribution >= 0.6 is 0 Å². The molecule has 12 nitrogen and oxygen atoms in total. The summed E-state index contributed by atoms with van der Waals surface area (Å²) in [5.74, 6) is -1.24. The number of aromatic carboxylic acids is 1. The summed E-state index contributed by atoms with van der Waals surface area (Å²) in [5, 5.41) is 23.3. The number of carbonyl (C=O) groups is 2. The predicted octanol–water partition coefficient (Wildman–Crippen LogP) is 3.70. The fourth-order valence-corrected chi connectivity index (χ4v) is 3.13. The zero-order valence-electron chi connectivity index (χ0n) is 19.9. The van der Waals surface area contributed by atoms with Crippen molar-refractivity contribution in [3.05, 3.63) is 82.0 Å². The van der Waals surface area contributed by atoms with Crippen LogP contribution in [0.4, 0.5) is 11.4 Å². The first kappa shape index (κ1) is 27.0. The molecule has 3 rings (SSSR count). The minimum Gasteiger partial charge on any atom is -0.491 e. The Hall–Kier alpha value is -4.55. The SMILES string of the molecule is COCCOCCOc1ccc(Oc2ccc(CC(=O)Nc3ccccc3C(=O)O)cn2)c([N+](=O)[O-])c1. The highest BCUT2D eigenvalue weighted by Gasteiger charge is 2.18. The molecule has 2 aromatic carbocycles. The van der Waals surface area contributed by atoms with Gasteiger partial charge in [-0.25, -0.2) is 9.78 Å². The van der Waals surface area contributed by atoms with E-state index in [1.807, 2.05) is 0 Å². The maximum Gasteiger partial charge on any atom is 0.337 e. The molecule has 0 spiro atoms. The second kappa shape index (κ2) is 13.5. The van der Waals surface area contributed by atoms with E-state index in [2.05, 4.69) is 10.3 Å². The minimum absolute atomic E-state index is 0.0221. The van der Waals surface area contributed by atoms with Crippen molar-refractivity contribution in [2.75, 3.05) is 38.9 Å². The summed E-state index contributed by atoms with van der Waals surface area (Å²) in [4.78, 5) is 38.7. The van der Waals surface area contributed by atoms with Gasteiger partial charge in [0.05, 0.1) is 48.5 Å². The van der Waals surface area contributed by atoms with Crippen molar-refractivity contribution >= 4 is 23.3 Å². The lowest BCUT2D eigenvalue weighted by Crippen LogP contribution is -2.16. The third-order valence-corrected chi connectivity index (χ3v) is 4.86. The fraction of sp³-hybridized carbons (Fsp3) is 0.240. The maximum absolute atomic E-state index is 12.4. The number of nitro benzene ring substituents is 1. The molecule has 1 heterocycles. The van der Waals surface area contributed by atoms with Gasteiger partial charge >= 0.3 is 11.7 Å². The molecule has 0 radical (unpaired) electrons. The minimum atomic E-state index is -1.15. The molecule has 0 aliphatic heterocycles. The first-order valence-electron chi connectivity index (χ1n) is 11.1. The summed E-state index contributed by atoms with van der Waals surface area (Å²) in [7, 11) is 1.57. The fourth-order valence-electron chi connectivity index (χ4n) is 3.13. The topological polar surface area (TPSA) is 159 Å². The number of nitro groups is 1. The number of aromatic nitrogens is 1. The number of carboxylic acids is 1. The van der Waals surface area contributed by atoms with Crippen molar-refractivity contribution in [2.24, 2.45) is 0 Å². The average Bonchev–Trinajstić information content (AvgIpc) is 2.88. The first-order valence-corrected chi connectivity index (χ1v) is 11.1. The molecule has 1 amide bonds. The number of benzene rings is 2. The van der Waals surface area contributed by atoms with Crippen molar-refractivity contribution in [2.45, 2.75) is 6.42 Å². The lowest BCUT2D eigenvalue weighted by Gasteiger charge is -2.10. The number of methoxy groups -OCH3 is 1. The lowest BCUT2D eigenvalue weighted by molar-refractivity contribution is -0.385. The molecule has 0 unspecified atom stereocenters. The highest BCUT2D eigenvalue weighted by Crippen LogP contribution is 2.34. The van der Waals surface area contributed by atoms with Crippen LogP contribution in [0.2, 0.25) is 0 Å². The van der Waals surface area contributed by atoms with Gasteiger partial charge in [-0.05, 0) is 29.8 Å². The van der Waals surface area contributed by atoms with Gasteiger partial charge in [-0.3, -0.25) is 14.9 Å². The molecule has 0 atom stereocenters. The Morgan fingerprint density at radius 2 is 1.84 bits per heavy atom. The molecule has 0 aliphatic carbocycles. The summed E-state index contributed by atoms with van der Waals surface area (Å²) in [6, 6.07) is 13.3. The van der Waals surface area contributed by atoms with Crippen molar-refractivity contribution in [1.82, 2.24) is 4.98 Å². The Morgan fingerprint density at radius 3 is 2.54 bits per heavy atom. The van der Waals surface area contributed by atoms with E-state index >= 15 is 0 Å². The third kappa shape index (κ3) is 8.26. The molecule has 3 aromatic rings. The van der Waals surface area contributed by atoms with E-state index in [0.29, 0.717) is 25.4 Å². The van der Waals surface area contributed by atoms with Crippen molar-refractivity contribution in [3.63, 3.8) is 0 Å². The smallest absolute Gasteiger partial charge is 0.337 e. The van der Waals surface area contributed by atoms with Gasteiger partial charge in [-0.2, -0.15) is 0 Å². The number of rotatable bonds is 14. The number of anilines is 1. The van der Waals surface area contributed by atoms with Gasteiger partial charge < -0.3 is 29.4 Å². The van der Waals surface area contributed by atoms with Gasteiger partial charge in [0.25, 0.3) is 0 Å². The molecule has 37 heavy (non-hydrogen) atoms. The van der Waals surface area contributed by atoms with E-state index < -0.39 is 16.8 Å². The molecule has 0 saturated heterocycles. The number of hydrogen-bond donors (Lipinski definition) is 2. The largest absolute Gasteiger partial charge is 0.491 e. The quantitative estimate of drug-likeness (QED) is 0.186. The Balaban J connectivity index is 1.59. The molecular formula is C25H25N3O9. The predicted molar refractivity (Wildman–Crippen MR) is 131 cm³/mol. The third-order valence-electron chi connectivity index (χ3n) is 4.86. The van der Waals surface area contributed by atoms with E-state index in [4.69, 9.17) is 18.9 Å². The molecular weight excluding hydrogens is 486 g/mol. The van der Waals surface area contributed by atoms with Gasteiger partial charge in [0.2, 0.25) is 17.5 Å². The van der Waals surface area contributed by atoms with Crippen LogP contribution in [0, 0.1) is 10.1 Å². The van der Waals surface area contributed by atoms with Crippen LogP contribution in [0.15, 0.2) is 60.8 Å². The van der Waals surface area contributed by atoms with E-state index in [1.165, 1.54) is 42.6 Å². The van der Waals surface area contributed by atoms with Crippen molar-refractivity contribution in [1.29, 1.82) is 0 Å². The zero-order valence-corrected chi connectivity index (χ0v) is 19.9. The molecule has 2 N–H and O–H groups in total. The van der Waals surface area contributed by atoms with E-state index in [0.717, 1.165) is 0 Å². The molecule has 0 bridgehead atoms. The molecule has 12 heteroatoms. The second-order valence-corrected chi connectivity index (χ2v) is 7.52. The Morgan fingerprint density at radius 1 is 1.05 bits per heavy atom. The van der Waals surface area contributed by atoms with Crippen molar-refractivity contribution in [3.8, 4) is 17.4 Å². The van der Waals surface area contributed by atoms with Crippen LogP contribution < -0.4 is 14.8 Å². The number of pyridine rings is 1. The summed E-state index contributed by atoms with van der Waals surface area (Å²) in [5.41, 5.74) is 0.390. The number of carbonyl (C=O) groups excluding carboxylic acids is 1. The van der Waals surface area contributed by atoms with Gasteiger partial charge in [0.15, 0.2) is 0 Å². The van der Waals surface area contributed by atoms with Crippen LogP contribution in [-0.4, -0.2) is 60.4 Å². The molecule has 0 fully saturated rings. The Kier molecular flexibility index (Phi) is 9.88. The number of nitrogens with one attached hydrogen (secondary N) is 1. The number of para-hydroxylation sites is 1. The van der Waals surface area contributed by atoms with Crippen molar-refractivity contribution < 1.29 is 38.6 Å². The van der Waals surface area contributed by atoms with Crippen LogP contribution in [0.5, 0.6) is 17.4 Å². The number of amides is 1. The second-order valence-electron chi connectivity index (χ2n) is 7.52. The number of hydrogen-bond acceptors (Lipinski definition) is 9. The van der Waals surface area contributed by atoms with Crippen LogP contribution in [0.3, 0.4) is 0 Å². The van der Waals surface area contributed by atoms with Gasteiger partial charge in [0.1, 0.15) is 12.4 Å². The monoisotopic (exact) mass is 511 g/mol. The lowest BCUT2D eigenvalue weighted by atomic mass is 10.1. The number of nitrogens with zero attached hydrogens (tertiary/aromatic N) is 2. The normalized spacial score (nSPS) is 10.5. The molecule has 194 valence electrons. The number of ether oxygens (including phenoxy) is 4. The highest BCUT2D eigenvalue weighted by molar-refractivity contribution is 6.00. The molecule has 1 aromatic heterocycles. The molecule has 0 saturated carbocycles. The van der Waals surface area contributed by atoms with E-state index in [1.54, 1.807) is 25.3 Å². The van der Waals surface area contributed by atoms with Gasteiger partial charge in [-0.1, -0.05) is 18.2 Å².